The first kappa shape index (κ1) is 18.6. The van der Waals surface area contributed by atoms with Crippen LogP contribution >= 0.6 is 23.2 Å². The first-order valence-corrected chi connectivity index (χ1v) is 8.16. The molecule has 2 rings (SSSR count). The number of aromatic hydroxyl groups is 1. The lowest BCUT2D eigenvalue weighted by Crippen LogP contribution is -2.22. The number of halogens is 2. The second-order valence-corrected chi connectivity index (χ2v) is 6.42. The summed E-state index contributed by atoms with van der Waals surface area (Å²) in [7, 11) is 5.64. The van der Waals surface area contributed by atoms with Crippen LogP contribution in [0.1, 0.15) is 17.2 Å². The molecule has 128 valence electrons. The van der Waals surface area contributed by atoms with Crippen LogP contribution in [0.25, 0.3) is 0 Å². The standard InChI is InChI=1S/C18H20Cl2N2O2/c1-22(2)17(12-4-6-15(24-3)7-5-12)11-21-10-13-8-14(19)9-16(20)18(13)23/h4-10,17,23H,11H2,1-3H3/t17-/m0/s1. The third-order valence-corrected chi connectivity index (χ3v) is 4.20. The fraction of sp³-hybridized carbons (Fsp3) is 0.278. The predicted molar refractivity (Wildman–Crippen MR) is 100 cm³/mol. The van der Waals surface area contributed by atoms with Gasteiger partial charge in [0.05, 0.1) is 24.7 Å². The molecule has 2 aromatic carbocycles. The fourth-order valence-corrected chi connectivity index (χ4v) is 2.84. The molecule has 6 heteroatoms. The molecule has 0 radical (unpaired) electrons. The minimum atomic E-state index is -0.0179. The summed E-state index contributed by atoms with van der Waals surface area (Å²) >= 11 is 11.9. The molecule has 0 saturated carbocycles. The molecule has 2 aromatic rings. The van der Waals surface area contributed by atoms with Gasteiger partial charge in [-0.2, -0.15) is 0 Å². The van der Waals surface area contributed by atoms with Crippen molar-refractivity contribution in [2.45, 2.75) is 6.04 Å². The highest BCUT2D eigenvalue weighted by Gasteiger charge is 2.13. The maximum absolute atomic E-state index is 9.96. The van der Waals surface area contributed by atoms with Crippen LogP contribution in [0.2, 0.25) is 10.0 Å². The third-order valence-electron chi connectivity index (χ3n) is 3.69. The number of aliphatic imine (C=N–C) groups is 1. The topological polar surface area (TPSA) is 45.1 Å². The first-order chi connectivity index (χ1) is 11.4. The molecule has 0 aromatic heterocycles. The van der Waals surface area contributed by atoms with Crippen molar-refractivity contribution in [1.29, 1.82) is 0 Å². The van der Waals surface area contributed by atoms with Crippen molar-refractivity contribution in [3.63, 3.8) is 0 Å². The summed E-state index contributed by atoms with van der Waals surface area (Å²) in [5.41, 5.74) is 1.63. The van der Waals surface area contributed by atoms with Crippen molar-refractivity contribution in [1.82, 2.24) is 4.90 Å². The van der Waals surface area contributed by atoms with Gasteiger partial charge in [0, 0.05) is 16.8 Å². The highest BCUT2D eigenvalue weighted by molar-refractivity contribution is 6.36. The molecule has 0 bridgehead atoms. The van der Waals surface area contributed by atoms with Gasteiger partial charge in [-0.15, -0.1) is 0 Å². The van der Waals surface area contributed by atoms with Crippen LogP contribution < -0.4 is 4.74 Å². The highest BCUT2D eigenvalue weighted by Crippen LogP contribution is 2.30. The third kappa shape index (κ3) is 4.63. The number of phenols is 1. The van der Waals surface area contributed by atoms with E-state index in [1.54, 1.807) is 19.4 Å². The van der Waals surface area contributed by atoms with Crippen molar-refractivity contribution in [3.05, 3.63) is 57.6 Å². The quantitative estimate of drug-likeness (QED) is 0.769. The molecule has 4 nitrogen and oxygen atoms in total. The van der Waals surface area contributed by atoms with Crippen LogP contribution in [0.4, 0.5) is 0 Å². The molecule has 0 saturated heterocycles. The van der Waals surface area contributed by atoms with Gasteiger partial charge in [0.2, 0.25) is 0 Å². The van der Waals surface area contributed by atoms with Gasteiger partial charge in [0.25, 0.3) is 0 Å². The number of ether oxygens (including phenoxy) is 1. The molecule has 1 N–H and O–H groups in total. The smallest absolute Gasteiger partial charge is 0.143 e. The zero-order valence-electron chi connectivity index (χ0n) is 13.8. The van der Waals surface area contributed by atoms with Crippen LogP contribution in [0.5, 0.6) is 11.5 Å². The molecule has 0 aliphatic rings. The van der Waals surface area contributed by atoms with E-state index in [2.05, 4.69) is 9.89 Å². The van der Waals surface area contributed by atoms with Crippen LogP contribution in [-0.2, 0) is 0 Å². The van der Waals surface area contributed by atoms with Gasteiger partial charge < -0.3 is 14.7 Å². The molecular formula is C18H20Cl2N2O2. The van der Waals surface area contributed by atoms with Gasteiger partial charge in [0.15, 0.2) is 0 Å². The van der Waals surface area contributed by atoms with E-state index in [0.29, 0.717) is 17.1 Å². The van der Waals surface area contributed by atoms with Crippen molar-refractivity contribution >= 4 is 29.4 Å². The van der Waals surface area contributed by atoms with Gasteiger partial charge in [0.1, 0.15) is 11.5 Å². The Hall–Kier alpha value is -1.75. The molecule has 0 heterocycles. The fourth-order valence-electron chi connectivity index (χ4n) is 2.33. The first-order valence-electron chi connectivity index (χ1n) is 7.40. The number of methoxy groups -OCH3 is 1. The van der Waals surface area contributed by atoms with Crippen molar-refractivity contribution in [2.24, 2.45) is 4.99 Å². The number of benzene rings is 2. The van der Waals surface area contributed by atoms with Crippen LogP contribution in [0, 0.1) is 0 Å². The van der Waals surface area contributed by atoms with Gasteiger partial charge in [-0.3, -0.25) is 4.99 Å². The van der Waals surface area contributed by atoms with Gasteiger partial charge in [-0.25, -0.2) is 0 Å². The van der Waals surface area contributed by atoms with Gasteiger partial charge in [-0.1, -0.05) is 35.3 Å². The second-order valence-electron chi connectivity index (χ2n) is 5.57. The molecule has 0 fully saturated rings. The van der Waals surface area contributed by atoms with Crippen LogP contribution in [-0.4, -0.2) is 44.0 Å². The Morgan fingerprint density at radius 3 is 2.46 bits per heavy atom. The van der Waals surface area contributed by atoms with E-state index in [1.807, 2.05) is 38.4 Å². The minimum Gasteiger partial charge on any atom is -0.506 e. The van der Waals surface area contributed by atoms with E-state index in [1.165, 1.54) is 6.07 Å². The molecule has 0 aliphatic carbocycles. The summed E-state index contributed by atoms with van der Waals surface area (Å²) < 4.78 is 5.19. The largest absolute Gasteiger partial charge is 0.506 e. The summed E-state index contributed by atoms with van der Waals surface area (Å²) in [5, 5.41) is 10.6. The van der Waals surface area contributed by atoms with E-state index >= 15 is 0 Å². The summed E-state index contributed by atoms with van der Waals surface area (Å²) in [4.78, 5) is 6.54. The number of hydrogen-bond acceptors (Lipinski definition) is 4. The monoisotopic (exact) mass is 366 g/mol. The second kappa shape index (κ2) is 8.38. The molecule has 0 amide bonds. The summed E-state index contributed by atoms with van der Waals surface area (Å²) in [5.74, 6) is 0.800. The number of rotatable bonds is 6. The Bertz CT molecular complexity index is 716. The molecule has 24 heavy (non-hydrogen) atoms. The van der Waals surface area contributed by atoms with E-state index in [4.69, 9.17) is 27.9 Å². The summed E-state index contributed by atoms with van der Waals surface area (Å²) in [6.07, 6.45) is 1.59. The predicted octanol–water partition coefficient (Wildman–Crippen LogP) is 4.43. The Morgan fingerprint density at radius 2 is 1.88 bits per heavy atom. The average Bonchev–Trinajstić information content (AvgIpc) is 2.55. The maximum atomic E-state index is 9.96. The van der Waals surface area contributed by atoms with Crippen molar-refractivity contribution in [3.8, 4) is 11.5 Å². The Kier molecular flexibility index (Phi) is 6.49. The lowest BCUT2D eigenvalue weighted by atomic mass is 10.1. The van der Waals surface area contributed by atoms with Crippen molar-refractivity contribution in [2.75, 3.05) is 27.7 Å². The molecular weight excluding hydrogens is 347 g/mol. The lowest BCUT2D eigenvalue weighted by Gasteiger charge is -2.23. The van der Waals surface area contributed by atoms with E-state index in [9.17, 15) is 5.11 Å². The van der Waals surface area contributed by atoms with Gasteiger partial charge >= 0.3 is 0 Å². The molecule has 0 unspecified atom stereocenters. The normalized spacial score (nSPS) is 12.8. The SMILES string of the molecule is COc1ccc([C@H](CN=Cc2cc(Cl)cc(Cl)c2O)N(C)C)cc1. The Morgan fingerprint density at radius 1 is 1.21 bits per heavy atom. The number of nitrogens with zero attached hydrogens (tertiary/aromatic N) is 2. The van der Waals surface area contributed by atoms with Crippen molar-refractivity contribution < 1.29 is 9.84 Å². The Balaban J connectivity index is 2.17. The van der Waals surface area contributed by atoms with E-state index in [0.717, 1.165) is 11.3 Å². The zero-order chi connectivity index (χ0) is 17.7. The highest BCUT2D eigenvalue weighted by atomic mass is 35.5. The zero-order valence-corrected chi connectivity index (χ0v) is 15.3. The van der Waals surface area contributed by atoms with Gasteiger partial charge in [-0.05, 0) is 43.9 Å². The number of likely N-dealkylation sites (N-methyl/N-ethyl adjacent to an activating group) is 1. The maximum Gasteiger partial charge on any atom is 0.143 e. The average molecular weight is 367 g/mol. The Labute approximate surface area is 152 Å². The molecule has 0 spiro atoms. The summed E-state index contributed by atoms with van der Waals surface area (Å²) in [6, 6.07) is 11.1. The number of hydrogen-bond donors (Lipinski definition) is 1. The minimum absolute atomic E-state index is 0.0179. The molecule has 0 aliphatic heterocycles. The van der Waals surface area contributed by atoms with Crippen LogP contribution in [0.3, 0.4) is 0 Å². The lowest BCUT2D eigenvalue weighted by molar-refractivity contribution is 0.306. The molecule has 1 atom stereocenters. The number of phenolic OH excluding ortho intramolecular Hbond substituents is 1. The van der Waals surface area contributed by atoms with E-state index in [-0.39, 0.29) is 16.8 Å². The van der Waals surface area contributed by atoms with Crippen LogP contribution in [0.15, 0.2) is 41.4 Å². The van der Waals surface area contributed by atoms with E-state index < -0.39 is 0 Å². The summed E-state index contributed by atoms with van der Waals surface area (Å²) in [6.45, 7) is 0.531.